The molecule has 0 aromatic carbocycles. The Kier molecular flexibility index (Phi) is 20.6. The molecule has 1 saturated heterocycles. The minimum absolute atomic E-state index is 0.00121. The van der Waals surface area contributed by atoms with Crippen LogP contribution in [0.5, 0.6) is 0 Å². The summed E-state index contributed by atoms with van der Waals surface area (Å²) in [6, 6.07) is 9.61. The number of hydrogen-bond donors (Lipinski definition) is 4. The Morgan fingerprint density at radius 2 is 1.38 bits per heavy atom. The van der Waals surface area contributed by atoms with Gasteiger partial charge in [-0.05, 0) is 30.7 Å². The fourth-order valence-electron chi connectivity index (χ4n) is 6.17. The molecule has 2 aromatic rings. The highest BCUT2D eigenvalue weighted by molar-refractivity contribution is 5.96. The van der Waals surface area contributed by atoms with Crippen molar-refractivity contribution in [1.82, 2.24) is 25.1 Å². The van der Waals surface area contributed by atoms with Gasteiger partial charge in [0.15, 0.2) is 0 Å². The molecule has 4 rings (SSSR count). The summed E-state index contributed by atoms with van der Waals surface area (Å²) in [5.41, 5.74) is 7.14. The first-order chi connectivity index (χ1) is 27.4. The summed E-state index contributed by atoms with van der Waals surface area (Å²) < 4.78 is 34.6. The molecule has 0 radical (unpaired) electrons. The molecule has 1 aliphatic heterocycles. The van der Waals surface area contributed by atoms with E-state index in [9.17, 15) is 24.6 Å². The number of aromatic nitrogens is 2. The molecule has 3 heterocycles. The zero-order valence-electron chi connectivity index (χ0n) is 31.9. The maximum Gasteiger partial charge on any atom is 0.354 e. The SMILES string of the molecule is NCCOCCOCCNC(=O)C1=CCC(C(c2cccc(C(=O)O)n2)N2CCOCCOCCN(Cc3cccc(C(=O)O)n3)CCOCCOCC2)C=C1. The zero-order chi connectivity index (χ0) is 39.8. The van der Waals surface area contributed by atoms with Crippen LogP contribution in [0.25, 0.3) is 0 Å². The molecule has 0 bridgehead atoms. The molecule has 0 spiro atoms. The van der Waals surface area contributed by atoms with Crippen molar-refractivity contribution in [2.24, 2.45) is 11.7 Å². The lowest BCUT2D eigenvalue weighted by Gasteiger charge is -2.36. The molecule has 17 heteroatoms. The summed E-state index contributed by atoms with van der Waals surface area (Å²) in [4.78, 5) is 49.3. The van der Waals surface area contributed by atoms with Crippen LogP contribution in [-0.2, 0) is 39.8 Å². The van der Waals surface area contributed by atoms with Gasteiger partial charge >= 0.3 is 11.9 Å². The second-order valence-electron chi connectivity index (χ2n) is 13.0. The number of carboxylic acids is 2. The third-order valence-electron chi connectivity index (χ3n) is 8.96. The fraction of sp³-hybridized carbons (Fsp3) is 0.564. The molecule has 2 aromatic heterocycles. The number of hydrogen-bond acceptors (Lipinski definition) is 14. The Morgan fingerprint density at radius 1 is 0.786 bits per heavy atom. The minimum Gasteiger partial charge on any atom is -0.477 e. The second kappa shape index (κ2) is 25.9. The van der Waals surface area contributed by atoms with Gasteiger partial charge in [0, 0.05) is 57.3 Å². The molecule has 1 aliphatic carbocycles. The van der Waals surface area contributed by atoms with Gasteiger partial charge in [0.1, 0.15) is 11.4 Å². The average molecular weight is 785 g/mol. The van der Waals surface area contributed by atoms with Crippen LogP contribution in [0, 0.1) is 5.92 Å². The first-order valence-corrected chi connectivity index (χ1v) is 19.0. The summed E-state index contributed by atoms with van der Waals surface area (Å²) in [6.45, 7) is 8.22. The number of rotatable bonds is 16. The van der Waals surface area contributed by atoms with Gasteiger partial charge in [-0.2, -0.15) is 0 Å². The highest BCUT2D eigenvalue weighted by atomic mass is 16.5. The van der Waals surface area contributed by atoms with Crippen LogP contribution < -0.4 is 11.1 Å². The van der Waals surface area contributed by atoms with Crippen LogP contribution in [0.1, 0.15) is 44.8 Å². The van der Waals surface area contributed by atoms with Gasteiger partial charge in [0.2, 0.25) is 0 Å². The van der Waals surface area contributed by atoms with Gasteiger partial charge in [-0.25, -0.2) is 19.6 Å². The largest absolute Gasteiger partial charge is 0.477 e. The highest BCUT2D eigenvalue weighted by Gasteiger charge is 2.30. The van der Waals surface area contributed by atoms with E-state index in [1.54, 1.807) is 24.3 Å². The summed E-state index contributed by atoms with van der Waals surface area (Å²) in [5.74, 6) is -2.52. The number of nitrogens with two attached hydrogens (primary N) is 1. The molecule has 56 heavy (non-hydrogen) atoms. The van der Waals surface area contributed by atoms with Crippen molar-refractivity contribution in [3.05, 3.63) is 83.0 Å². The number of ether oxygens (including phenoxy) is 6. The van der Waals surface area contributed by atoms with Crippen molar-refractivity contribution in [2.45, 2.75) is 19.0 Å². The molecule has 1 fully saturated rings. The van der Waals surface area contributed by atoms with E-state index in [0.717, 1.165) is 0 Å². The second-order valence-corrected chi connectivity index (χ2v) is 13.0. The number of nitrogens with zero attached hydrogens (tertiary/aromatic N) is 4. The lowest BCUT2D eigenvalue weighted by Crippen LogP contribution is -2.39. The van der Waals surface area contributed by atoms with E-state index in [0.29, 0.717) is 148 Å². The van der Waals surface area contributed by atoms with Gasteiger partial charge in [0.05, 0.1) is 96.7 Å². The van der Waals surface area contributed by atoms with E-state index in [4.69, 9.17) is 34.2 Å². The van der Waals surface area contributed by atoms with E-state index in [1.165, 1.54) is 12.1 Å². The van der Waals surface area contributed by atoms with Crippen LogP contribution in [0.15, 0.2) is 60.2 Å². The van der Waals surface area contributed by atoms with E-state index in [-0.39, 0.29) is 29.3 Å². The maximum absolute atomic E-state index is 12.9. The summed E-state index contributed by atoms with van der Waals surface area (Å²) >= 11 is 0. The topological polar surface area (TPSA) is 217 Å². The van der Waals surface area contributed by atoms with Crippen LogP contribution in [0.2, 0.25) is 0 Å². The van der Waals surface area contributed by atoms with Gasteiger partial charge in [0.25, 0.3) is 5.91 Å². The van der Waals surface area contributed by atoms with Crippen LogP contribution in [-0.4, -0.2) is 166 Å². The van der Waals surface area contributed by atoms with E-state index >= 15 is 0 Å². The third kappa shape index (κ3) is 16.1. The highest BCUT2D eigenvalue weighted by Crippen LogP contribution is 2.34. The van der Waals surface area contributed by atoms with E-state index in [1.807, 2.05) is 18.2 Å². The summed E-state index contributed by atoms with van der Waals surface area (Å²) in [5, 5.41) is 22.0. The molecule has 0 saturated carbocycles. The van der Waals surface area contributed by atoms with Gasteiger partial charge < -0.3 is 49.7 Å². The lowest BCUT2D eigenvalue weighted by atomic mass is 9.86. The number of amides is 1. The molecule has 5 N–H and O–H groups in total. The maximum atomic E-state index is 12.9. The first-order valence-electron chi connectivity index (χ1n) is 19.0. The first kappa shape index (κ1) is 44.5. The molecule has 2 aliphatic rings. The predicted octanol–water partition coefficient (Wildman–Crippen LogP) is 1.41. The number of carbonyl (C=O) groups excluding carboxylic acids is 1. The lowest BCUT2D eigenvalue weighted by molar-refractivity contribution is -0.117. The number of carboxylic acid groups (broad SMARTS) is 2. The van der Waals surface area contributed by atoms with Gasteiger partial charge in [-0.1, -0.05) is 30.4 Å². The number of pyridine rings is 2. The minimum atomic E-state index is -1.12. The van der Waals surface area contributed by atoms with Crippen LogP contribution in [0.4, 0.5) is 0 Å². The zero-order valence-corrected chi connectivity index (χ0v) is 31.9. The smallest absolute Gasteiger partial charge is 0.354 e. The quantitative estimate of drug-likeness (QED) is 0.177. The van der Waals surface area contributed by atoms with E-state index in [2.05, 4.69) is 25.1 Å². The Morgan fingerprint density at radius 3 is 1.96 bits per heavy atom. The molecular weight excluding hydrogens is 728 g/mol. The van der Waals surface area contributed by atoms with Gasteiger partial charge in [-0.15, -0.1) is 0 Å². The van der Waals surface area contributed by atoms with Crippen molar-refractivity contribution in [3.8, 4) is 0 Å². The van der Waals surface area contributed by atoms with Gasteiger partial charge in [-0.3, -0.25) is 14.6 Å². The predicted molar refractivity (Wildman–Crippen MR) is 204 cm³/mol. The normalized spacial score (nSPS) is 19.3. The Labute approximate surface area is 327 Å². The molecule has 17 nitrogen and oxygen atoms in total. The van der Waals surface area contributed by atoms with Crippen molar-refractivity contribution in [3.63, 3.8) is 0 Å². The van der Waals surface area contributed by atoms with Crippen molar-refractivity contribution in [2.75, 3.05) is 119 Å². The number of allylic oxidation sites excluding steroid dienone is 1. The van der Waals surface area contributed by atoms with Crippen LogP contribution >= 0.6 is 0 Å². The molecule has 1 amide bonds. The Hall–Kier alpha value is -4.17. The average Bonchev–Trinajstić information content (AvgIpc) is 3.20. The molecule has 2 atom stereocenters. The standard InChI is InChI=1S/C39H56N6O11/c40-11-17-51-23-24-52-18-12-41-37(46)31-9-7-30(8-10-31)36(33-4-2-6-35(43-33)39(49)50)45-15-21-55-27-25-53-19-13-44(14-20-54-26-28-56-22-16-45)29-32-3-1-5-34(42-32)38(47)48/h1-7,9-10,30,36H,8,11-29,40H2,(H,41,46)(H,47,48)(H,49,50). The number of nitrogens with one attached hydrogen (secondary N) is 1. The number of aromatic carboxylic acids is 2. The van der Waals surface area contributed by atoms with Crippen molar-refractivity contribution < 1.29 is 53.0 Å². The monoisotopic (exact) mass is 784 g/mol. The molecule has 2 unspecified atom stereocenters. The Bertz CT molecular complexity index is 1540. The fourth-order valence-corrected chi connectivity index (χ4v) is 6.17. The van der Waals surface area contributed by atoms with Crippen molar-refractivity contribution in [1.29, 1.82) is 0 Å². The Balaban J connectivity index is 1.36. The summed E-state index contributed by atoms with van der Waals surface area (Å²) in [6.07, 6.45) is 6.20. The number of carbonyl (C=O) groups is 3. The van der Waals surface area contributed by atoms with E-state index < -0.39 is 11.9 Å². The third-order valence-corrected chi connectivity index (χ3v) is 8.96. The van der Waals surface area contributed by atoms with Crippen LogP contribution in [0.3, 0.4) is 0 Å². The molecular formula is C39H56N6O11. The summed E-state index contributed by atoms with van der Waals surface area (Å²) in [7, 11) is 0. The molecule has 308 valence electrons. The van der Waals surface area contributed by atoms with Crippen molar-refractivity contribution >= 4 is 17.8 Å².